The lowest BCUT2D eigenvalue weighted by atomic mass is 10.1. The fourth-order valence-electron chi connectivity index (χ4n) is 1.30. The molecule has 1 aromatic carbocycles. The van der Waals surface area contributed by atoms with Gasteiger partial charge < -0.3 is 10.5 Å². The summed E-state index contributed by atoms with van der Waals surface area (Å²) in [5.41, 5.74) is 8.16. The Morgan fingerprint density at radius 3 is 3.00 bits per heavy atom. The summed E-state index contributed by atoms with van der Waals surface area (Å²) in [7, 11) is 0. The standard InChI is InChI=1S/C8H10N2O/c11-5-8-6-3-1-2-4-7(6)9-10-8/h1-4,8-11H,5H2. The third kappa shape index (κ3) is 0.982. The number of hydrogen-bond acceptors (Lipinski definition) is 3. The Labute approximate surface area is 65.0 Å². The fraction of sp³-hybridized carbons (Fsp3) is 0.250. The van der Waals surface area contributed by atoms with Crippen LogP contribution in [-0.4, -0.2) is 11.7 Å². The zero-order valence-corrected chi connectivity index (χ0v) is 6.04. The number of hydrazine groups is 1. The summed E-state index contributed by atoms with van der Waals surface area (Å²) in [6.07, 6.45) is 0. The molecule has 3 N–H and O–H groups in total. The third-order valence-electron chi connectivity index (χ3n) is 1.90. The molecule has 0 saturated carbocycles. The van der Waals surface area contributed by atoms with Crippen molar-refractivity contribution in [3.05, 3.63) is 29.8 Å². The van der Waals surface area contributed by atoms with E-state index in [9.17, 15) is 0 Å². The molecule has 0 aromatic heterocycles. The Kier molecular flexibility index (Phi) is 1.52. The molecule has 0 spiro atoms. The van der Waals surface area contributed by atoms with Crippen molar-refractivity contribution in [3.63, 3.8) is 0 Å². The monoisotopic (exact) mass is 150 g/mol. The molecule has 1 unspecified atom stereocenters. The summed E-state index contributed by atoms with van der Waals surface area (Å²) in [6.45, 7) is 0.129. The van der Waals surface area contributed by atoms with Crippen LogP contribution in [0.25, 0.3) is 0 Å². The first-order chi connectivity index (χ1) is 5.42. The Balaban J connectivity index is 2.39. The number of anilines is 1. The highest BCUT2D eigenvalue weighted by molar-refractivity contribution is 5.55. The second kappa shape index (κ2) is 2.53. The Hall–Kier alpha value is -1.06. The van der Waals surface area contributed by atoms with E-state index in [1.807, 2.05) is 24.3 Å². The second-order valence-corrected chi connectivity index (χ2v) is 2.59. The quantitative estimate of drug-likeness (QED) is 0.550. The molecule has 0 saturated heterocycles. The van der Waals surface area contributed by atoms with Crippen LogP contribution < -0.4 is 10.9 Å². The summed E-state index contributed by atoms with van der Waals surface area (Å²) >= 11 is 0. The smallest absolute Gasteiger partial charge is 0.0761 e. The van der Waals surface area contributed by atoms with Crippen molar-refractivity contribution in [2.24, 2.45) is 0 Å². The summed E-state index contributed by atoms with van der Waals surface area (Å²) in [5, 5.41) is 8.91. The lowest BCUT2D eigenvalue weighted by molar-refractivity contribution is 0.256. The summed E-state index contributed by atoms with van der Waals surface area (Å²) < 4.78 is 0. The van der Waals surface area contributed by atoms with Crippen LogP contribution >= 0.6 is 0 Å². The first-order valence-electron chi connectivity index (χ1n) is 3.63. The van der Waals surface area contributed by atoms with Crippen molar-refractivity contribution in [2.45, 2.75) is 6.04 Å². The van der Waals surface area contributed by atoms with Crippen molar-refractivity contribution >= 4 is 5.69 Å². The van der Waals surface area contributed by atoms with Crippen LogP contribution in [-0.2, 0) is 0 Å². The molecular weight excluding hydrogens is 140 g/mol. The van der Waals surface area contributed by atoms with E-state index in [0.717, 1.165) is 11.3 Å². The van der Waals surface area contributed by atoms with E-state index in [2.05, 4.69) is 10.9 Å². The molecule has 1 atom stereocenters. The zero-order chi connectivity index (χ0) is 7.68. The molecule has 0 fully saturated rings. The van der Waals surface area contributed by atoms with Gasteiger partial charge in [0.05, 0.1) is 18.3 Å². The Morgan fingerprint density at radius 1 is 1.36 bits per heavy atom. The average molecular weight is 150 g/mol. The van der Waals surface area contributed by atoms with E-state index >= 15 is 0 Å². The number of benzene rings is 1. The Bertz CT molecular complexity index is 262. The van der Waals surface area contributed by atoms with Gasteiger partial charge >= 0.3 is 0 Å². The van der Waals surface area contributed by atoms with Gasteiger partial charge in [0.1, 0.15) is 0 Å². The van der Waals surface area contributed by atoms with Crippen LogP contribution in [0.15, 0.2) is 24.3 Å². The van der Waals surface area contributed by atoms with Gasteiger partial charge in [0.25, 0.3) is 0 Å². The van der Waals surface area contributed by atoms with E-state index in [1.54, 1.807) is 0 Å². The van der Waals surface area contributed by atoms with Gasteiger partial charge in [-0.15, -0.1) is 0 Å². The van der Waals surface area contributed by atoms with Crippen LogP contribution in [0, 0.1) is 0 Å². The van der Waals surface area contributed by atoms with Crippen LogP contribution in [0.4, 0.5) is 5.69 Å². The van der Waals surface area contributed by atoms with Gasteiger partial charge in [-0.25, -0.2) is 5.43 Å². The van der Waals surface area contributed by atoms with Gasteiger partial charge in [0.2, 0.25) is 0 Å². The number of para-hydroxylation sites is 1. The van der Waals surface area contributed by atoms with Crippen LogP contribution in [0.3, 0.4) is 0 Å². The minimum absolute atomic E-state index is 0.0474. The fourth-order valence-corrected chi connectivity index (χ4v) is 1.30. The largest absolute Gasteiger partial charge is 0.394 e. The van der Waals surface area contributed by atoms with Gasteiger partial charge in [-0.3, -0.25) is 0 Å². The van der Waals surface area contributed by atoms with E-state index in [1.165, 1.54) is 0 Å². The molecule has 2 rings (SSSR count). The summed E-state index contributed by atoms with van der Waals surface area (Å²) in [6, 6.07) is 7.97. The van der Waals surface area contributed by atoms with E-state index < -0.39 is 0 Å². The molecule has 0 radical (unpaired) electrons. The molecule has 0 bridgehead atoms. The SMILES string of the molecule is OCC1NNc2ccccc21. The zero-order valence-electron chi connectivity index (χ0n) is 6.04. The number of hydrogen-bond donors (Lipinski definition) is 3. The van der Waals surface area contributed by atoms with Gasteiger partial charge in [-0.2, -0.15) is 0 Å². The number of nitrogens with one attached hydrogen (secondary N) is 2. The maximum absolute atomic E-state index is 8.91. The molecule has 1 aliphatic heterocycles. The molecule has 0 aliphatic carbocycles. The van der Waals surface area contributed by atoms with Crippen molar-refractivity contribution in [1.29, 1.82) is 0 Å². The van der Waals surface area contributed by atoms with Crippen molar-refractivity contribution in [1.82, 2.24) is 5.43 Å². The highest BCUT2D eigenvalue weighted by atomic mass is 16.3. The minimum atomic E-state index is 0.0474. The predicted octanol–water partition coefficient (Wildman–Crippen LogP) is 0.650. The molecule has 3 heteroatoms. The van der Waals surface area contributed by atoms with E-state index in [4.69, 9.17) is 5.11 Å². The van der Waals surface area contributed by atoms with Gasteiger partial charge in [-0.05, 0) is 11.6 Å². The van der Waals surface area contributed by atoms with Gasteiger partial charge in [0, 0.05) is 0 Å². The number of aliphatic hydroxyl groups excluding tert-OH is 1. The summed E-state index contributed by atoms with van der Waals surface area (Å²) in [4.78, 5) is 0. The number of aliphatic hydroxyl groups is 1. The highest BCUT2D eigenvalue weighted by Crippen LogP contribution is 2.26. The van der Waals surface area contributed by atoms with Crippen molar-refractivity contribution < 1.29 is 5.11 Å². The first-order valence-corrected chi connectivity index (χ1v) is 3.63. The molecule has 1 aliphatic rings. The topological polar surface area (TPSA) is 44.3 Å². The molecule has 58 valence electrons. The highest BCUT2D eigenvalue weighted by Gasteiger charge is 2.19. The van der Waals surface area contributed by atoms with Crippen molar-refractivity contribution in [2.75, 3.05) is 12.0 Å². The lowest BCUT2D eigenvalue weighted by Gasteiger charge is -2.04. The third-order valence-corrected chi connectivity index (χ3v) is 1.90. The second-order valence-electron chi connectivity index (χ2n) is 2.59. The lowest BCUT2D eigenvalue weighted by Crippen LogP contribution is -2.21. The number of fused-ring (bicyclic) bond motifs is 1. The average Bonchev–Trinajstić information content (AvgIpc) is 2.47. The van der Waals surface area contributed by atoms with Crippen molar-refractivity contribution in [3.8, 4) is 0 Å². The summed E-state index contributed by atoms with van der Waals surface area (Å²) in [5.74, 6) is 0. The first kappa shape index (κ1) is 6.64. The van der Waals surface area contributed by atoms with Crippen LogP contribution in [0.2, 0.25) is 0 Å². The maximum atomic E-state index is 8.91. The molecule has 3 nitrogen and oxygen atoms in total. The van der Waals surface area contributed by atoms with E-state index in [-0.39, 0.29) is 12.6 Å². The maximum Gasteiger partial charge on any atom is 0.0761 e. The molecule has 1 aromatic rings. The van der Waals surface area contributed by atoms with Crippen LogP contribution in [0.5, 0.6) is 0 Å². The van der Waals surface area contributed by atoms with Gasteiger partial charge in [0.15, 0.2) is 0 Å². The van der Waals surface area contributed by atoms with Crippen LogP contribution in [0.1, 0.15) is 11.6 Å². The van der Waals surface area contributed by atoms with E-state index in [0.29, 0.717) is 0 Å². The Morgan fingerprint density at radius 2 is 2.18 bits per heavy atom. The minimum Gasteiger partial charge on any atom is -0.394 e. The molecular formula is C8H10N2O. The van der Waals surface area contributed by atoms with Gasteiger partial charge in [-0.1, -0.05) is 18.2 Å². The molecule has 1 heterocycles. The predicted molar refractivity (Wildman–Crippen MR) is 43.0 cm³/mol. The molecule has 11 heavy (non-hydrogen) atoms. The number of rotatable bonds is 1. The normalized spacial score (nSPS) is 21.0. The molecule has 0 amide bonds.